The maximum Gasteiger partial charge on any atom is 0.171 e. The van der Waals surface area contributed by atoms with Crippen molar-refractivity contribution in [1.29, 1.82) is 0 Å². The summed E-state index contributed by atoms with van der Waals surface area (Å²) < 4.78 is 13.3. The van der Waals surface area contributed by atoms with E-state index in [1.54, 1.807) is 0 Å². The molecular weight excluding hydrogens is 384 g/mol. The number of hydrogen-bond acceptors (Lipinski definition) is 3. The summed E-state index contributed by atoms with van der Waals surface area (Å²) in [5.41, 5.74) is 0.443. The fourth-order valence-electron chi connectivity index (χ4n) is 10.4. The highest BCUT2D eigenvalue weighted by Crippen LogP contribution is 2.71. The molecule has 2 heterocycles. The van der Waals surface area contributed by atoms with Crippen molar-refractivity contribution in [3.8, 4) is 0 Å². The van der Waals surface area contributed by atoms with Crippen LogP contribution in [0.3, 0.4) is 0 Å². The van der Waals surface area contributed by atoms with Crippen LogP contribution >= 0.6 is 0 Å². The van der Waals surface area contributed by atoms with Gasteiger partial charge in [0.2, 0.25) is 0 Å². The summed E-state index contributed by atoms with van der Waals surface area (Å²) in [7, 11) is 0. The van der Waals surface area contributed by atoms with Gasteiger partial charge < -0.3 is 14.6 Å². The third-order valence-corrected chi connectivity index (χ3v) is 12.3. The molecule has 1 N–H and O–H groups in total. The highest BCUT2D eigenvalue weighted by Gasteiger charge is 2.71. The second-order valence-corrected chi connectivity index (χ2v) is 13.6. The minimum Gasteiger partial charge on any atom is -0.393 e. The molecule has 4 saturated carbocycles. The van der Waals surface area contributed by atoms with Gasteiger partial charge in [0.05, 0.1) is 18.8 Å². The summed E-state index contributed by atoms with van der Waals surface area (Å²) >= 11 is 0. The largest absolute Gasteiger partial charge is 0.393 e. The fourth-order valence-corrected chi connectivity index (χ4v) is 10.4. The molecule has 3 heteroatoms. The van der Waals surface area contributed by atoms with Gasteiger partial charge in [-0.15, -0.1) is 0 Å². The van der Waals surface area contributed by atoms with Crippen LogP contribution in [-0.2, 0) is 9.47 Å². The fraction of sp³-hybridized carbons (Fsp3) is 1.00. The van der Waals surface area contributed by atoms with E-state index in [2.05, 4.69) is 34.6 Å². The Morgan fingerprint density at radius 2 is 1.61 bits per heavy atom. The van der Waals surface area contributed by atoms with E-state index in [-0.39, 0.29) is 23.4 Å². The highest BCUT2D eigenvalue weighted by atomic mass is 16.7. The maximum absolute atomic E-state index is 11.8. The summed E-state index contributed by atoms with van der Waals surface area (Å²) in [6.45, 7) is 13.0. The molecule has 0 aromatic heterocycles. The normalized spacial score (nSPS) is 63.3. The Balaban J connectivity index is 1.29. The van der Waals surface area contributed by atoms with E-state index in [1.165, 1.54) is 38.5 Å². The first-order valence-electron chi connectivity index (χ1n) is 13.7. The molecule has 0 aromatic carbocycles. The van der Waals surface area contributed by atoms with Gasteiger partial charge in [-0.25, -0.2) is 0 Å². The third kappa shape index (κ3) is 2.75. The first-order valence-corrected chi connectivity index (χ1v) is 13.7. The molecule has 6 fully saturated rings. The van der Waals surface area contributed by atoms with E-state index >= 15 is 0 Å². The van der Waals surface area contributed by atoms with Crippen LogP contribution < -0.4 is 0 Å². The summed E-state index contributed by atoms with van der Waals surface area (Å²) in [6.07, 6.45) is 11.5. The van der Waals surface area contributed by atoms with Crippen molar-refractivity contribution < 1.29 is 14.6 Å². The molecule has 6 rings (SSSR count). The van der Waals surface area contributed by atoms with Crippen molar-refractivity contribution in [2.24, 2.45) is 58.2 Å². The number of fused-ring (bicyclic) bond motifs is 7. The van der Waals surface area contributed by atoms with Gasteiger partial charge in [-0.3, -0.25) is 0 Å². The lowest BCUT2D eigenvalue weighted by atomic mass is 9.43. The zero-order chi connectivity index (χ0) is 21.8. The van der Waals surface area contributed by atoms with Crippen molar-refractivity contribution in [2.75, 3.05) is 6.61 Å². The lowest BCUT2D eigenvalue weighted by Gasteiger charge is -2.62. The number of aliphatic hydroxyl groups excluding tert-OH is 1. The van der Waals surface area contributed by atoms with Gasteiger partial charge in [-0.1, -0.05) is 41.0 Å². The van der Waals surface area contributed by atoms with E-state index in [0.717, 1.165) is 43.6 Å². The summed E-state index contributed by atoms with van der Waals surface area (Å²) in [6, 6.07) is 0. The molecule has 11 unspecified atom stereocenters. The zero-order valence-electron chi connectivity index (χ0n) is 20.6. The van der Waals surface area contributed by atoms with Crippen molar-refractivity contribution >= 4 is 0 Å². The number of ether oxygens (including phenoxy) is 2. The van der Waals surface area contributed by atoms with Gasteiger partial charge in [0.15, 0.2) is 5.79 Å². The standard InChI is InChI=1S/C28H46O3/c1-16-8-10-26(4)19(12-16)6-7-20-21(26)14-24(29)27(5)22(20)13-23-25(27)18(3)28(31-23)11-9-17(2)15-30-28/h16-25,29H,6-15H2,1-5H3/t16?,17?,18?,19?,20?,21?,22?,23?,24?,25?,26-,27+,28?/m0/s1. The Kier molecular flexibility index (Phi) is 4.80. The second kappa shape index (κ2) is 6.95. The van der Waals surface area contributed by atoms with E-state index in [9.17, 15) is 5.11 Å². The average molecular weight is 431 g/mol. The van der Waals surface area contributed by atoms with E-state index in [1.807, 2.05) is 0 Å². The molecule has 0 amide bonds. The molecule has 0 bridgehead atoms. The molecule has 1 spiro atoms. The minimum atomic E-state index is -0.379. The highest BCUT2D eigenvalue weighted by molar-refractivity contribution is 5.17. The van der Waals surface area contributed by atoms with Crippen LogP contribution in [-0.4, -0.2) is 29.7 Å². The summed E-state index contributed by atoms with van der Waals surface area (Å²) in [5, 5.41) is 11.8. The first-order chi connectivity index (χ1) is 14.7. The van der Waals surface area contributed by atoms with E-state index in [0.29, 0.717) is 35.0 Å². The lowest BCUT2D eigenvalue weighted by molar-refractivity contribution is -0.274. The lowest BCUT2D eigenvalue weighted by Crippen LogP contribution is -2.59. The number of aliphatic hydroxyl groups is 1. The molecule has 6 aliphatic rings. The van der Waals surface area contributed by atoms with Crippen LogP contribution in [0.15, 0.2) is 0 Å². The quantitative estimate of drug-likeness (QED) is 0.509. The van der Waals surface area contributed by atoms with Crippen LogP contribution in [0.4, 0.5) is 0 Å². The van der Waals surface area contributed by atoms with Gasteiger partial charge in [0, 0.05) is 23.7 Å². The Labute approximate surface area is 190 Å². The monoisotopic (exact) mass is 430 g/mol. The first kappa shape index (κ1) is 21.4. The van der Waals surface area contributed by atoms with Gasteiger partial charge in [0.25, 0.3) is 0 Å². The van der Waals surface area contributed by atoms with Crippen molar-refractivity contribution in [1.82, 2.24) is 0 Å². The summed E-state index contributed by atoms with van der Waals surface area (Å²) in [4.78, 5) is 0. The summed E-state index contributed by atoms with van der Waals surface area (Å²) in [5.74, 6) is 4.97. The Morgan fingerprint density at radius 1 is 0.839 bits per heavy atom. The molecule has 2 aliphatic heterocycles. The molecule has 4 aliphatic carbocycles. The molecule has 31 heavy (non-hydrogen) atoms. The third-order valence-electron chi connectivity index (χ3n) is 12.3. The van der Waals surface area contributed by atoms with Gasteiger partial charge in [-0.05, 0) is 85.9 Å². The predicted molar refractivity (Wildman–Crippen MR) is 122 cm³/mol. The predicted octanol–water partition coefficient (Wildman–Crippen LogP) is 6.04. The molecule has 0 aromatic rings. The minimum absolute atomic E-state index is 0.00761. The number of hydrogen-bond donors (Lipinski definition) is 1. The average Bonchev–Trinajstić information content (AvgIpc) is 3.18. The van der Waals surface area contributed by atoms with Gasteiger partial charge in [-0.2, -0.15) is 0 Å². The zero-order valence-corrected chi connectivity index (χ0v) is 20.6. The second-order valence-electron chi connectivity index (χ2n) is 13.6. The van der Waals surface area contributed by atoms with Crippen LogP contribution in [0, 0.1) is 58.2 Å². The van der Waals surface area contributed by atoms with Crippen molar-refractivity contribution in [2.45, 2.75) is 110 Å². The maximum atomic E-state index is 11.8. The van der Waals surface area contributed by atoms with Crippen LogP contribution in [0.25, 0.3) is 0 Å². The Bertz CT molecular complexity index is 713. The molecule has 176 valence electrons. The van der Waals surface area contributed by atoms with E-state index in [4.69, 9.17) is 9.47 Å². The van der Waals surface area contributed by atoms with Gasteiger partial charge >= 0.3 is 0 Å². The molecular formula is C28H46O3. The van der Waals surface area contributed by atoms with Crippen LogP contribution in [0.5, 0.6) is 0 Å². The van der Waals surface area contributed by atoms with Crippen LogP contribution in [0.1, 0.15) is 92.4 Å². The Morgan fingerprint density at radius 3 is 2.35 bits per heavy atom. The van der Waals surface area contributed by atoms with Gasteiger partial charge in [0.1, 0.15) is 0 Å². The molecule has 13 atom stereocenters. The Hall–Kier alpha value is -0.120. The SMILES string of the molecule is CC1CCC2(OC1)OC1CC3C4CCC5CC(C)CC[C@]5(C)C4CC(O)[C@]3(C)C1C2C. The van der Waals surface area contributed by atoms with Crippen molar-refractivity contribution in [3.63, 3.8) is 0 Å². The smallest absolute Gasteiger partial charge is 0.171 e. The van der Waals surface area contributed by atoms with E-state index < -0.39 is 0 Å². The topological polar surface area (TPSA) is 38.7 Å². The molecule has 0 radical (unpaired) electrons. The van der Waals surface area contributed by atoms with Crippen molar-refractivity contribution in [3.05, 3.63) is 0 Å². The number of rotatable bonds is 0. The van der Waals surface area contributed by atoms with Crippen LogP contribution in [0.2, 0.25) is 0 Å². The molecule has 2 saturated heterocycles. The molecule has 3 nitrogen and oxygen atoms in total.